The van der Waals surface area contributed by atoms with Gasteiger partial charge in [0.25, 0.3) is 0 Å². The molecule has 10 atom stereocenters. The highest BCUT2D eigenvalue weighted by Gasteiger charge is 2.62. The highest BCUT2D eigenvalue weighted by molar-refractivity contribution is 5.12. The lowest BCUT2D eigenvalue weighted by atomic mass is 9.43. The van der Waals surface area contributed by atoms with Crippen LogP contribution in [0.1, 0.15) is 131 Å². The number of aliphatic hydroxyl groups is 1. The molecule has 37 heavy (non-hydrogen) atoms. The molecule has 0 aromatic heterocycles. The van der Waals surface area contributed by atoms with Crippen molar-refractivity contribution in [1.82, 2.24) is 10.6 Å². The maximum Gasteiger partial charge on any atom is 0.0577 e. The molecule has 0 aliphatic heterocycles. The Kier molecular flexibility index (Phi) is 10.5. The Morgan fingerprint density at radius 3 is 2.30 bits per heavy atom. The molecule has 4 fully saturated rings. The average Bonchev–Trinajstić information content (AvgIpc) is 3.21. The van der Waals surface area contributed by atoms with E-state index in [1.807, 2.05) is 0 Å². The summed E-state index contributed by atoms with van der Waals surface area (Å²) in [5, 5.41) is 19.2. The molecule has 0 saturated heterocycles. The molecule has 0 amide bonds. The van der Waals surface area contributed by atoms with Gasteiger partial charge in [0.2, 0.25) is 0 Å². The van der Waals surface area contributed by atoms with E-state index in [4.69, 9.17) is 0 Å². The fourth-order valence-corrected chi connectivity index (χ4v) is 10.4. The summed E-state index contributed by atoms with van der Waals surface area (Å²) >= 11 is 0. The molecular weight excluding hydrogens is 452 g/mol. The number of aliphatic hydroxyl groups excluding tert-OH is 1. The minimum absolute atomic E-state index is 0.0655. The van der Waals surface area contributed by atoms with Gasteiger partial charge >= 0.3 is 0 Å². The molecule has 3 heteroatoms. The van der Waals surface area contributed by atoms with Crippen molar-refractivity contribution in [1.29, 1.82) is 0 Å². The van der Waals surface area contributed by atoms with Gasteiger partial charge in [0.15, 0.2) is 0 Å². The summed E-state index contributed by atoms with van der Waals surface area (Å²) < 4.78 is 0. The van der Waals surface area contributed by atoms with Gasteiger partial charge in [0.05, 0.1) is 6.10 Å². The molecule has 0 heterocycles. The van der Waals surface area contributed by atoms with E-state index in [1.165, 1.54) is 90.0 Å². The van der Waals surface area contributed by atoms with Gasteiger partial charge in [-0.25, -0.2) is 0 Å². The van der Waals surface area contributed by atoms with E-state index >= 15 is 0 Å². The van der Waals surface area contributed by atoms with Gasteiger partial charge in [-0.2, -0.15) is 0 Å². The number of hydrogen-bond acceptors (Lipinski definition) is 3. The van der Waals surface area contributed by atoms with Crippen molar-refractivity contribution in [2.75, 3.05) is 19.6 Å². The first-order valence-electron chi connectivity index (χ1n) is 16.8. The normalized spacial score (nSPS) is 42.3. The van der Waals surface area contributed by atoms with Crippen LogP contribution in [0, 0.1) is 52.3 Å². The van der Waals surface area contributed by atoms with E-state index in [9.17, 15) is 5.11 Å². The van der Waals surface area contributed by atoms with Crippen LogP contribution in [-0.4, -0.2) is 36.9 Å². The predicted octanol–water partition coefficient (Wildman–Crippen LogP) is 7.82. The third-order valence-corrected chi connectivity index (χ3v) is 12.6. The summed E-state index contributed by atoms with van der Waals surface area (Å²) in [5.41, 5.74) is 0.915. The van der Waals surface area contributed by atoms with Gasteiger partial charge < -0.3 is 15.7 Å². The second-order valence-electron chi connectivity index (χ2n) is 15.2. The first-order chi connectivity index (χ1) is 17.7. The van der Waals surface area contributed by atoms with Gasteiger partial charge in [-0.05, 0) is 136 Å². The highest BCUT2D eigenvalue weighted by Crippen LogP contribution is 2.68. The average molecular weight is 517 g/mol. The molecule has 5 unspecified atom stereocenters. The molecule has 0 radical (unpaired) electrons. The van der Waals surface area contributed by atoms with Crippen molar-refractivity contribution in [2.45, 2.75) is 144 Å². The smallest absolute Gasteiger partial charge is 0.0577 e. The number of unbranched alkanes of at least 4 members (excludes halogenated alkanes) is 1. The van der Waals surface area contributed by atoms with Gasteiger partial charge in [-0.3, -0.25) is 0 Å². The Labute approximate surface area is 231 Å². The first kappa shape index (κ1) is 29.9. The zero-order valence-electron chi connectivity index (χ0n) is 25.7. The third-order valence-electron chi connectivity index (χ3n) is 12.6. The Morgan fingerprint density at radius 1 is 0.811 bits per heavy atom. The predicted molar refractivity (Wildman–Crippen MR) is 159 cm³/mol. The zero-order chi connectivity index (χ0) is 26.6. The highest BCUT2D eigenvalue weighted by atomic mass is 16.3. The van der Waals surface area contributed by atoms with E-state index in [-0.39, 0.29) is 6.10 Å². The summed E-state index contributed by atoms with van der Waals surface area (Å²) in [4.78, 5) is 0. The largest absolute Gasteiger partial charge is 0.393 e. The topological polar surface area (TPSA) is 44.3 Å². The van der Waals surface area contributed by atoms with Crippen molar-refractivity contribution in [3.63, 3.8) is 0 Å². The standard InChI is InChI=1S/C34H64N2O/c1-7-8-19-35-20-10-21-36-27-15-17-33(5)26(22-27)23-31(37)32-29-14-13-28(25(4)12-9-11-24(2)3)34(29,6)18-16-30(32)33/h24-32,35-37H,7-23H2,1-6H3/t25-,26?,27+,28?,29?,30?,31+,32?,33+,34-/m1/s1. The maximum absolute atomic E-state index is 11.7. The molecule has 4 aliphatic rings. The summed E-state index contributed by atoms with van der Waals surface area (Å²) in [6, 6.07) is 0.661. The fraction of sp³-hybridized carbons (Fsp3) is 1.00. The molecule has 4 saturated carbocycles. The van der Waals surface area contributed by atoms with Gasteiger partial charge in [-0.1, -0.05) is 67.2 Å². The van der Waals surface area contributed by atoms with Crippen LogP contribution in [0.25, 0.3) is 0 Å². The lowest BCUT2D eigenvalue weighted by Crippen LogP contribution is -2.59. The minimum Gasteiger partial charge on any atom is -0.393 e. The van der Waals surface area contributed by atoms with E-state index in [2.05, 4.69) is 52.2 Å². The molecule has 0 aromatic carbocycles. The van der Waals surface area contributed by atoms with E-state index < -0.39 is 0 Å². The lowest BCUT2D eigenvalue weighted by molar-refractivity contribution is -0.167. The second kappa shape index (κ2) is 13.0. The van der Waals surface area contributed by atoms with Crippen LogP contribution >= 0.6 is 0 Å². The summed E-state index contributed by atoms with van der Waals surface area (Å²) in [5.74, 6) is 5.32. The van der Waals surface area contributed by atoms with E-state index in [0.717, 1.165) is 49.1 Å². The number of nitrogens with one attached hydrogen (secondary N) is 2. The Morgan fingerprint density at radius 2 is 1.54 bits per heavy atom. The van der Waals surface area contributed by atoms with Crippen molar-refractivity contribution in [2.24, 2.45) is 52.3 Å². The monoisotopic (exact) mass is 517 g/mol. The Balaban J connectivity index is 1.33. The number of hydrogen-bond donors (Lipinski definition) is 3. The molecule has 3 nitrogen and oxygen atoms in total. The van der Waals surface area contributed by atoms with Crippen molar-refractivity contribution >= 4 is 0 Å². The fourth-order valence-electron chi connectivity index (χ4n) is 10.4. The molecule has 4 rings (SSSR count). The first-order valence-corrected chi connectivity index (χ1v) is 16.8. The molecule has 216 valence electrons. The van der Waals surface area contributed by atoms with E-state index in [0.29, 0.717) is 28.7 Å². The van der Waals surface area contributed by atoms with Gasteiger partial charge in [0, 0.05) is 6.04 Å². The summed E-state index contributed by atoms with van der Waals surface area (Å²) in [6.07, 6.45) is 18.6. The maximum atomic E-state index is 11.7. The quantitative estimate of drug-likeness (QED) is 0.219. The lowest BCUT2D eigenvalue weighted by Gasteiger charge is -2.62. The number of fused-ring (bicyclic) bond motifs is 5. The molecular formula is C34H64N2O. The number of rotatable bonds is 13. The molecule has 3 N–H and O–H groups in total. The second-order valence-corrected chi connectivity index (χ2v) is 15.2. The van der Waals surface area contributed by atoms with Crippen molar-refractivity contribution in [3.8, 4) is 0 Å². The van der Waals surface area contributed by atoms with Crippen LogP contribution in [0.4, 0.5) is 0 Å². The van der Waals surface area contributed by atoms with Crippen LogP contribution in [0.15, 0.2) is 0 Å². The molecule has 0 aromatic rings. The summed E-state index contributed by atoms with van der Waals surface area (Å²) in [6.45, 7) is 18.3. The zero-order valence-corrected chi connectivity index (χ0v) is 25.7. The minimum atomic E-state index is -0.0655. The van der Waals surface area contributed by atoms with Crippen LogP contribution in [0.2, 0.25) is 0 Å². The SMILES string of the molecule is CCCCNCCCN[C@H]1CC[C@@]2(C)C(C1)C[C@H](O)C1C2CC[C@@]2(C)C1CCC2[C@H](C)CCCC(C)C. The van der Waals surface area contributed by atoms with Crippen LogP contribution in [-0.2, 0) is 0 Å². The van der Waals surface area contributed by atoms with Crippen molar-refractivity contribution in [3.05, 3.63) is 0 Å². The Hall–Kier alpha value is -0.120. The molecule has 0 spiro atoms. The van der Waals surface area contributed by atoms with E-state index in [1.54, 1.807) is 0 Å². The van der Waals surface area contributed by atoms with Gasteiger partial charge in [-0.15, -0.1) is 0 Å². The van der Waals surface area contributed by atoms with Crippen LogP contribution in [0.5, 0.6) is 0 Å². The summed E-state index contributed by atoms with van der Waals surface area (Å²) in [7, 11) is 0. The molecule has 4 aliphatic carbocycles. The van der Waals surface area contributed by atoms with Crippen LogP contribution in [0.3, 0.4) is 0 Å². The molecule has 0 bridgehead atoms. The van der Waals surface area contributed by atoms with Gasteiger partial charge in [0.1, 0.15) is 0 Å². The third kappa shape index (κ3) is 6.45. The van der Waals surface area contributed by atoms with Crippen LogP contribution < -0.4 is 10.6 Å². The Bertz CT molecular complexity index is 695. The van der Waals surface area contributed by atoms with Crippen molar-refractivity contribution < 1.29 is 5.11 Å².